The maximum atomic E-state index is 13.3. The summed E-state index contributed by atoms with van der Waals surface area (Å²) in [4.78, 5) is 39.6. The van der Waals surface area contributed by atoms with E-state index in [1.165, 1.54) is 44.9 Å². The second-order valence-corrected chi connectivity index (χ2v) is 11.0. The molecule has 2 aromatic rings. The largest absolute Gasteiger partial charge is 0.380 e. The van der Waals surface area contributed by atoms with Gasteiger partial charge in [0.05, 0.1) is 11.0 Å². The Hall–Kier alpha value is -1.53. The minimum absolute atomic E-state index is 0.0814. The monoisotopic (exact) mass is 461 g/mol. The van der Waals surface area contributed by atoms with E-state index in [1.807, 2.05) is 12.1 Å². The van der Waals surface area contributed by atoms with Crippen LogP contribution in [0.25, 0.3) is 11.0 Å². The molecule has 2 fully saturated rings. The van der Waals surface area contributed by atoms with Gasteiger partial charge in [-0.3, -0.25) is 14.3 Å². The molecular formula is C24H36N3O4P. The van der Waals surface area contributed by atoms with Crippen molar-refractivity contribution < 1.29 is 14.4 Å². The third-order valence-corrected chi connectivity index (χ3v) is 8.16. The van der Waals surface area contributed by atoms with E-state index in [4.69, 9.17) is 0 Å². The van der Waals surface area contributed by atoms with Crippen molar-refractivity contribution in [1.29, 1.82) is 0 Å². The van der Waals surface area contributed by atoms with Gasteiger partial charge in [-0.25, -0.2) is 4.98 Å². The Bertz CT molecular complexity index is 1030. The molecule has 0 bridgehead atoms. The van der Waals surface area contributed by atoms with Gasteiger partial charge < -0.3 is 14.4 Å². The van der Waals surface area contributed by atoms with Crippen molar-refractivity contribution >= 4 is 24.1 Å². The lowest BCUT2D eigenvalue weighted by Gasteiger charge is -2.45. The van der Waals surface area contributed by atoms with Crippen molar-refractivity contribution in [2.75, 3.05) is 6.54 Å². The smallest absolute Gasteiger partial charge is 0.320 e. The van der Waals surface area contributed by atoms with E-state index in [2.05, 4.69) is 16.8 Å². The Labute approximate surface area is 190 Å². The number of nitrogens with zero attached hydrogens (tertiary/aromatic N) is 3. The number of para-hydroxylation sites is 2. The van der Waals surface area contributed by atoms with Crippen LogP contribution in [0.1, 0.15) is 83.6 Å². The minimum Gasteiger partial charge on any atom is -0.320 e. The standard InChI is InChI=1S/C24H36N3O4P/c1-2-10-19-17-20(15-16-26(19)18-11-6-4-3-5-7-12-18)27-22-14-9-8-13-21(22)25-23(24(27)28)32(29,30)31/h8-9,13-14,18-20H,2-7,10-12,15-17H2,1H3,(H2,29,30,31)/t19-,20-/m1/s1. The molecule has 2 atom stereocenters. The summed E-state index contributed by atoms with van der Waals surface area (Å²) in [6.07, 6.45) is 12.9. The highest BCUT2D eigenvalue weighted by Crippen LogP contribution is 2.36. The van der Waals surface area contributed by atoms with Gasteiger partial charge in [-0.15, -0.1) is 0 Å². The van der Waals surface area contributed by atoms with Crippen molar-refractivity contribution in [3.8, 4) is 0 Å². The van der Waals surface area contributed by atoms with Gasteiger partial charge in [0.2, 0.25) is 5.44 Å². The zero-order valence-corrected chi connectivity index (χ0v) is 19.9. The summed E-state index contributed by atoms with van der Waals surface area (Å²) >= 11 is 0. The van der Waals surface area contributed by atoms with Crippen molar-refractivity contribution in [2.45, 2.75) is 95.7 Å². The second kappa shape index (κ2) is 10.2. The first-order valence-electron chi connectivity index (χ1n) is 12.2. The van der Waals surface area contributed by atoms with Crippen molar-refractivity contribution in [3.63, 3.8) is 0 Å². The molecule has 7 nitrogen and oxygen atoms in total. The van der Waals surface area contributed by atoms with Crippen LogP contribution in [-0.2, 0) is 4.57 Å². The molecule has 2 heterocycles. The van der Waals surface area contributed by atoms with Gasteiger partial charge in [-0.2, -0.15) is 0 Å². The molecule has 0 unspecified atom stereocenters. The number of fused-ring (bicyclic) bond motifs is 1. The van der Waals surface area contributed by atoms with Gasteiger partial charge in [0, 0.05) is 24.7 Å². The van der Waals surface area contributed by atoms with Crippen molar-refractivity contribution in [2.24, 2.45) is 0 Å². The highest BCUT2D eigenvalue weighted by atomic mass is 31.2. The highest BCUT2D eigenvalue weighted by Gasteiger charge is 2.35. The highest BCUT2D eigenvalue weighted by molar-refractivity contribution is 7.59. The molecule has 1 aliphatic carbocycles. The number of benzene rings is 1. The second-order valence-electron chi connectivity index (χ2n) is 9.50. The maximum Gasteiger partial charge on any atom is 0.380 e. The third-order valence-electron chi connectivity index (χ3n) is 7.32. The maximum absolute atomic E-state index is 13.3. The molecule has 0 amide bonds. The summed E-state index contributed by atoms with van der Waals surface area (Å²) in [5.74, 6) is 0. The molecule has 2 N–H and O–H groups in total. The number of likely N-dealkylation sites (tertiary alicyclic amines) is 1. The predicted molar refractivity (Wildman–Crippen MR) is 127 cm³/mol. The Balaban J connectivity index is 1.68. The average Bonchev–Trinajstić information content (AvgIpc) is 2.73. The molecule has 32 heavy (non-hydrogen) atoms. The van der Waals surface area contributed by atoms with E-state index in [0.717, 1.165) is 32.2 Å². The van der Waals surface area contributed by atoms with Gasteiger partial charge >= 0.3 is 7.60 Å². The SMILES string of the molecule is CCC[C@@H]1C[C@H](n2c(=O)c(P(=O)(O)O)nc3ccccc32)CCN1C1CCCCCCC1. The summed E-state index contributed by atoms with van der Waals surface area (Å²) in [7, 11) is -4.76. The molecule has 0 spiro atoms. The van der Waals surface area contributed by atoms with Crippen LogP contribution in [0.3, 0.4) is 0 Å². The van der Waals surface area contributed by atoms with E-state index < -0.39 is 18.6 Å². The summed E-state index contributed by atoms with van der Waals surface area (Å²) < 4.78 is 13.7. The van der Waals surface area contributed by atoms with Crippen LogP contribution in [-0.4, -0.2) is 42.9 Å². The first-order chi connectivity index (χ1) is 15.4. The van der Waals surface area contributed by atoms with E-state index in [-0.39, 0.29) is 6.04 Å². The molecule has 1 aliphatic heterocycles. The van der Waals surface area contributed by atoms with Gasteiger partial charge in [0.25, 0.3) is 5.56 Å². The van der Waals surface area contributed by atoms with Crippen LogP contribution in [0.5, 0.6) is 0 Å². The molecule has 1 aromatic carbocycles. The topological polar surface area (TPSA) is 95.7 Å². The summed E-state index contributed by atoms with van der Waals surface area (Å²) in [6, 6.07) is 8.11. The number of rotatable bonds is 5. The Kier molecular flexibility index (Phi) is 7.51. The van der Waals surface area contributed by atoms with Gasteiger partial charge in [0.15, 0.2) is 0 Å². The van der Waals surface area contributed by atoms with E-state index in [9.17, 15) is 19.1 Å². The third kappa shape index (κ3) is 5.01. The van der Waals surface area contributed by atoms with Crippen LogP contribution in [0.4, 0.5) is 0 Å². The lowest BCUT2D eigenvalue weighted by molar-refractivity contribution is 0.0523. The van der Waals surface area contributed by atoms with E-state index in [0.29, 0.717) is 23.1 Å². The molecule has 8 heteroatoms. The van der Waals surface area contributed by atoms with Gasteiger partial charge in [0.1, 0.15) is 0 Å². The predicted octanol–water partition coefficient (Wildman–Crippen LogP) is 4.12. The average molecular weight is 462 g/mol. The van der Waals surface area contributed by atoms with Crippen LogP contribution in [0.15, 0.2) is 29.1 Å². The summed E-state index contributed by atoms with van der Waals surface area (Å²) in [5.41, 5.74) is -0.156. The zero-order chi connectivity index (χ0) is 22.7. The first-order valence-corrected chi connectivity index (χ1v) is 13.8. The van der Waals surface area contributed by atoms with Crippen LogP contribution in [0.2, 0.25) is 0 Å². The fraction of sp³-hybridized carbons (Fsp3) is 0.667. The van der Waals surface area contributed by atoms with Crippen LogP contribution in [0, 0.1) is 0 Å². The van der Waals surface area contributed by atoms with E-state index in [1.54, 1.807) is 16.7 Å². The van der Waals surface area contributed by atoms with Crippen LogP contribution >= 0.6 is 7.60 Å². The molecule has 176 valence electrons. The van der Waals surface area contributed by atoms with Crippen molar-refractivity contribution in [3.05, 3.63) is 34.6 Å². The molecular weight excluding hydrogens is 425 g/mol. The quantitative estimate of drug-likeness (QED) is 0.651. The Morgan fingerprint density at radius 2 is 1.72 bits per heavy atom. The van der Waals surface area contributed by atoms with Crippen molar-refractivity contribution in [1.82, 2.24) is 14.5 Å². The number of piperidine rings is 1. The lowest BCUT2D eigenvalue weighted by Crippen LogP contribution is -2.50. The molecule has 1 aromatic heterocycles. The Morgan fingerprint density at radius 3 is 2.41 bits per heavy atom. The normalized spacial score (nSPS) is 24.3. The Morgan fingerprint density at radius 1 is 1.03 bits per heavy atom. The molecule has 1 saturated carbocycles. The number of hydrogen-bond donors (Lipinski definition) is 2. The molecule has 1 saturated heterocycles. The van der Waals surface area contributed by atoms with Gasteiger partial charge in [-0.1, -0.05) is 57.6 Å². The lowest BCUT2D eigenvalue weighted by atomic mass is 9.88. The number of hydrogen-bond acceptors (Lipinski definition) is 4. The summed E-state index contributed by atoms with van der Waals surface area (Å²) in [5, 5.41) is 0. The number of aromatic nitrogens is 2. The fourth-order valence-electron chi connectivity index (χ4n) is 5.84. The molecule has 2 aliphatic rings. The van der Waals surface area contributed by atoms with Crippen LogP contribution < -0.4 is 11.0 Å². The fourth-order valence-corrected chi connectivity index (χ4v) is 6.43. The van der Waals surface area contributed by atoms with Gasteiger partial charge in [-0.05, 0) is 44.2 Å². The summed E-state index contributed by atoms with van der Waals surface area (Å²) in [6.45, 7) is 3.13. The molecule has 4 rings (SSSR count). The van der Waals surface area contributed by atoms with E-state index >= 15 is 0 Å². The molecule has 0 radical (unpaired) electrons. The minimum atomic E-state index is -4.76. The first kappa shape index (κ1) is 23.6. The zero-order valence-electron chi connectivity index (χ0n) is 19.0.